The molecule has 1 amide bonds. The molecule has 1 atom stereocenters. The second-order valence-corrected chi connectivity index (χ2v) is 5.88. The van der Waals surface area contributed by atoms with Crippen LogP contribution in [0.3, 0.4) is 0 Å². The topological polar surface area (TPSA) is 38.3 Å². The Balaban J connectivity index is 2.02. The number of fused-ring (bicyclic) bond motifs is 1. The molecule has 0 fully saturated rings. The Bertz CT molecular complexity index is 480. The van der Waals surface area contributed by atoms with Crippen LogP contribution in [-0.2, 0) is 17.6 Å². The predicted octanol–water partition coefficient (Wildman–Crippen LogP) is 3.64. The van der Waals surface area contributed by atoms with Gasteiger partial charge >= 0.3 is 0 Å². The molecular formula is C18H27NO2. The number of carbonyl (C=O) groups excluding carboxylic acids is 1. The van der Waals surface area contributed by atoms with Crippen molar-refractivity contribution in [2.45, 2.75) is 71.4 Å². The average Bonchev–Trinajstić information content (AvgIpc) is 2.52. The summed E-state index contributed by atoms with van der Waals surface area (Å²) in [6, 6.07) is 6.44. The maximum absolute atomic E-state index is 12.2. The van der Waals surface area contributed by atoms with E-state index in [1.807, 2.05) is 19.1 Å². The van der Waals surface area contributed by atoms with Gasteiger partial charge in [-0.05, 0) is 62.6 Å². The third kappa shape index (κ3) is 3.99. The summed E-state index contributed by atoms with van der Waals surface area (Å²) in [6.45, 7) is 6.01. The fraction of sp³-hybridized carbons (Fsp3) is 0.611. The number of ether oxygens (including phenoxy) is 1. The van der Waals surface area contributed by atoms with Crippen molar-refractivity contribution in [2.75, 3.05) is 0 Å². The molecule has 1 unspecified atom stereocenters. The number of nitrogens with one attached hydrogen (secondary N) is 1. The van der Waals surface area contributed by atoms with Gasteiger partial charge in [0.05, 0.1) is 0 Å². The second-order valence-electron chi connectivity index (χ2n) is 5.88. The van der Waals surface area contributed by atoms with Gasteiger partial charge in [-0.2, -0.15) is 0 Å². The summed E-state index contributed by atoms with van der Waals surface area (Å²) in [5.74, 6) is 0.872. The molecule has 1 aromatic rings. The standard InChI is InChI=1S/C18H27NO2/c1-4-15(5-2)19-18(20)13(3)21-17-12-8-10-14-9-6-7-11-16(14)17/h8,10,12-13,15H,4-7,9,11H2,1-3H3,(H,19,20). The Morgan fingerprint density at radius 3 is 2.67 bits per heavy atom. The number of hydrogen-bond donors (Lipinski definition) is 1. The van der Waals surface area contributed by atoms with E-state index < -0.39 is 6.10 Å². The molecule has 1 aliphatic carbocycles. The lowest BCUT2D eigenvalue weighted by molar-refractivity contribution is -0.128. The van der Waals surface area contributed by atoms with E-state index in [4.69, 9.17) is 4.74 Å². The quantitative estimate of drug-likeness (QED) is 0.868. The summed E-state index contributed by atoms with van der Waals surface area (Å²) >= 11 is 0. The van der Waals surface area contributed by atoms with Crippen LogP contribution in [-0.4, -0.2) is 18.1 Å². The van der Waals surface area contributed by atoms with Crippen LogP contribution >= 0.6 is 0 Å². The van der Waals surface area contributed by atoms with Crippen LogP contribution < -0.4 is 10.1 Å². The molecule has 0 saturated carbocycles. The molecule has 1 aliphatic rings. The first-order valence-electron chi connectivity index (χ1n) is 8.23. The summed E-state index contributed by atoms with van der Waals surface area (Å²) in [5.41, 5.74) is 2.68. The third-order valence-electron chi connectivity index (χ3n) is 4.36. The minimum absolute atomic E-state index is 0.0166. The van der Waals surface area contributed by atoms with Gasteiger partial charge in [0.25, 0.3) is 5.91 Å². The van der Waals surface area contributed by atoms with E-state index in [9.17, 15) is 4.79 Å². The number of rotatable bonds is 6. The van der Waals surface area contributed by atoms with Crippen molar-refractivity contribution < 1.29 is 9.53 Å². The zero-order valence-electron chi connectivity index (χ0n) is 13.4. The van der Waals surface area contributed by atoms with Gasteiger partial charge in [0.2, 0.25) is 0 Å². The average molecular weight is 289 g/mol. The van der Waals surface area contributed by atoms with E-state index in [-0.39, 0.29) is 11.9 Å². The first-order valence-corrected chi connectivity index (χ1v) is 8.23. The SMILES string of the molecule is CCC(CC)NC(=O)C(C)Oc1cccc2c1CCCC2. The maximum Gasteiger partial charge on any atom is 0.260 e. The fourth-order valence-corrected chi connectivity index (χ4v) is 2.91. The zero-order valence-corrected chi connectivity index (χ0v) is 13.4. The van der Waals surface area contributed by atoms with Gasteiger partial charge in [-0.25, -0.2) is 0 Å². The van der Waals surface area contributed by atoms with E-state index in [1.165, 1.54) is 24.0 Å². The molecule has 0 aliphatic heterocycles. The largest absolute Gasteiger partial charge is 0.481 e. The van der Waals surface area contributed by atoms with E-state index in [0.717, 1.165) is 31.4 Å². The predicted molar refractivity (Wildman–Crippen MR) is 85.7 cm³/mol. The van der Waals surface area contributed by atoms with Gasteiger partial charge in [-0.15, -0.1) is 0 Å². The van der Waals surface area contributed by atoms with Crippen LogP contribution in [0, 0.1) is 0 Å². The molecule has 0 bridgehead atoms. The van der Waals surface area contributed by atoms with E-state index in [0.29, 0.717) is 0 Å². The van der Waals surface area contributed by atoms with E-state index in [2.05, 4.69) is 25.2 Å². The lowest BCUT2D eigenvalue weighted by atomic mass is 9.91. The van der Waals surface area contributed by atoms with Gasteiger partial charge < -0.3 is 10.1 Å². The molecule has 0 heterocycles. The van der Waals surface area contributed by atoms with Crippen LogP contribution in [0.2, 0.25) is 0 Å². The second kappa shape index (κ2) is 7.48. The molecule has 2 rings (SSSR count). The first-order chi connectivity index (χ1) is 10.2. The minimum atomic E-state index is -0.445. The number of aryl methyl sites for hydroxylation is 1. The lowest BCUT2D eigenvalue weighted by Gasteiger charge is -2.23. The van der Waals surface area contributed by atoms with Crippen LogP contribution in [0.1, 0.15) is 57.6 Å². The van der Waals surface area contributed by atoms with Gasteiger partial charge in [0.15, 0.2) is 6.10 Å². The van der Waals surface area contributed by atoms with Gasteiger partial charge in [-0.1, -0.05) is 26.0 Å². The molecule has 116 valence electrons. The Morgan fingerprint density at radius 2 is 1.95 bits per heavy atom. The molecule has 0 saturated heterocycles. The first kappa shape index (κ1) is 15.9. The number of hydrogen-bond acceptors (Lipinski definition) is 2. The summed E-state index contributed by atoms with van der Waals surface area (Å²) in [5, 5.41) is 3.05. The zero-order chi connectivity index (χ0) is 15.2. The number of carbonyl (C=O) groups is 1. The molecule has 3 nitrogen and oxygen atoms in total. The number of amides is 1. The summed E-state index contributed by atoms with van der Waals surface area (Å²) in [4.78, 5) is 12.2. The van der Waals surface area contributed by atoms with Crippen molar-refractivity contribution >= 4 is 5.91 Å². The molecule has 0 spiro atoms. The fourth-order valence-electron chi connectivity index (χ4n) is 2.91. The van der Waals surface area contributed by atoms with Crippen molar-refractivity contribution in [3.8, 4) is 5.75 Å². The molecule has 0 aromatic heterocycles. The monoisotopic (exact) mass is 289 g/mol. The maximum atomic E-state index is 12.2. The third-order valence-corrected chi connectivity index (χ3v) is 4.36. The molecule has 0 radical (unpaired) electrons. The smallest absolute Gasteiger partial charge is 0.260 e. The molecular weight excluding hydrogens is 262 g/mol. The van der Waals surface area contributed by atoms with Crippen molar-refractivity contribution in [3.05, 3.63) is 29.3 Å². The highest BCUT2D eigenvalue weighted by molar-refractivity contribution is 5.81. The van der Waals surface area contributed by atoms with Crippen molar-refractivity contribution in [3.63, 3.8) is 0 Å². The normalized spacial score (nSPS) is 15.4. The number of benzene rings is 1. The Hall–Kier alpha value is -1.51. The minimum Gasteiger partial charge on any atom is -0.481 e. The van der Waals surface area contributed by atoms with E-state index in [1.54, 1.807) is 0 Å². The summed E-state index contributed by atoms with van der Waals surface area (Å²) in [7, 11) is 0. The van der Waals surface area contributed by atoms with Crippen molar-refractivity contribution in [1.82, 2.24) is 5.32 Å². The highest BCUT2D eigenvalue weighted by Crippen LogP contribution is 2.30. The van der Waals surface area contributed by atoms with E-state index >= 15 is 0 Å². The highest BCUT2D eigenvalue weighted by Gasteiger charge is 2.20. The summed E-state index contributed by atoms with van der Waals surface area (Å²) < 4.78 is 5.95. The van der Waals surface area contributed by atoms with Crippen LogP contribution in [0.5, 0.6) is 5.75 Å². The van der Waals surface area contributed by atoms with Crippen LogP contribution in [0.4, 0.5) is 0 Å². The molecule has 21 heavy (non-hydrogen) atoms. The van der Waals surface area contributed by atoms with Crippen molar-refractivity contribution in [2.24, 2.45) is 0 Å². The Kier molecular flexibility index (Phi) is 5.66. The van der Waals surface area contributed by atoms with Gasteiger partial charge in [-0.3, -0.25) is 4.79 Å². The Morgan fingerprint density at radius 1 is 1.24 bits per heavy atom. The van der Waals surface area contributed by atoms with Crippen molar-refractivity contribution in [1.29, 1.82) is 0 Å². The van der Waals surface area contributed by atoms with Gasteiger partial charge in [0.1, 0.15) is 5.75 Å². The molecule has 1 aromatic carbocycles. The highest BCUT2D eigenvalue weighted by atomic mass is 16.5. The Labute approximate surface area is 128 Å². The van der Waals surface area contributed by atoms with Gasteiger partial charge in [0, 0.05) is 6.04 Å². The molecule has 3 heteroatoms. The summed E-state index contributed by atoms with van der Waals surface area (Å²) in [6.07, 6.45) is 6.11. The molecule has 1 N–H and O–H groups in total. The van der Waals surface area contributed by atoms with Crippen LogP contribution in [0.15, 0.2) is 18.2 Å². The lowest BCUT2D eigenvalue weighted by Crippen LogP contribution is -2.42. The van der Waals surface area contributed by atoms with Crippen LogP contribution in [0.25, 0.3) is 0 Å².